The molecule has 0 fully saturated rings. The maximum atomic E-state index is 11.7. The molecule has 0 aliphatic rings. The molecule has 15 heavy (non-hydrogen) atoms. The molecule has 1 heterocycles. The number of sulfonamides is 1. The van der Waals surface area contributed by atoms with Crippen LogP contribution in [-0.2, 0) is 10.0 Å². The fourth-order valence-electron chi connectivity index (χ4n) is 1.47. The number of aromatic amines is 1. The minimum Gasteiger partial charge on any atom is -0.284 e. The number of hydrogen-bond acceptors (Lipinski definition) is 3. The lowest BCUT2D eigenvalue weighted by atomic mass is 10.1. The quantitative estimate of drug-likeness (QED) is 0.797. The fraction of sp³-hybridized carbons (Fsp3) is 0.667. The normalized spacial score (nSPS) is 14.4. The molecule has 1 aromatic heterocycles. The first-order valence-electron chi connectivity index (χ1n) is 4.93. The van der Waals surface area contributed by atoms with Gasteiger partial charge in [-0.05, 0) is 19.3 Å². The predicted octanol–water partition coefficient (Wildman–Crippen LogP) is 1.12. The smallest absolute Gasteiger partial charge is 0.243 e. The van der Waals surface area contributed by atoms with E-state index in [9.17, 15) is 8.42 Å². The Bertz CT molecular complexity index is 383. The molecule has 1 unspecified atom stereocenters. The third kappa shape index (κ3) is 3.64. The van der Waals surface area contributed by atoms with Gasteiger partial charge in [-0.3, -0.25) is 5.10 Å². The summed E-state index contributed by atoms with van der Waals surface area (Å²) in [7, 11) is -3.41. The van der Waals surface area contributed by atoms with Gasteiger partial charge < -0.3 is 0 Å². The van der Waals surface area contributed by atoms with E-state index in [0.29, 0.717) is 5.92 Å². The Hall–Kier alpha value is -0.880. The van der Waals surface area contributed by atoms with Crippen LogP contribution in [0.25, 0.3) is 0 Å². The summed E-state index contributed by atoms with van der Waals surface area (Å²) in [4.78, 5) is 0.179. The van der Waals surface area contributed by atoms with Crippen LogP contribution in [0, 0.1) is 5.92 Å². The number of aromatic nitrogens is 2. The van der Waals surface area contributed by atoms with E-state index in [-0.39, 0.29) is 10.9 Å². The van der Waals surface area contributed by atoms with Gasteiger partial charge in [0.05, 0.1) is 6.20 Å². The van der Waals surface area contributed by atoms with Crippen molar-refractivity contribution >= 4 is 10.0 Å². The standard InChI is InChI=1S/C9H17N3O2S/c1-7(2)4-8(3)12-15(13,14)9-5-10-11-6-9/h5-8,12H,4H2,1-3H3,(H,10,11). The third-order valence-electron chi connectivity index (χ3n) is 1.96. The maximum absolute atomic E-state index is 11.7. The van der Waals surface area contributed by atoms with E-state index in [2.05, 4.69) is 28.8 Å². The lowest BCUT2D eigenvalue weighted by Gasteiger charge is -2.15. The molecular formula is C9H17N3O2S. The highest BCUT2D eigenvalue weighted by atomic mass is 32.2. The van der Waals surface area contributed by atoms with E-state index in [1.165, 1.54) is 12.4 Å². The molecule has 86 valence electrons. The second-order valence-electron chi connectivity index (χ2n) is 4.09. The molecule has 0 aliphatic carbocycles. The van der Waals surface area contributed by atoms with Crippen LogP contribution in [-0.4, -0.2) is 24.7 Å². The Kier molecular flexibility index (Phi) is 3.87. The summed E-state index contributed by atoms with van der Waals surface area (Å²) < 4.78 is 26.0. The summed E-state index contributed by atoms with van der Waals surface area (Å²) in [6.45, 7) is 5.98. The van der Waals surface area contributed by atoms with E-state index in [1.54, 1.807) is 0 Å². The van der Waals surface area contributed by atoms with Crippen LogP contribution in [0.5, 0.6) is 0 Å². The van der Waals surface area contributed by atoms with E-state index in [4.69, 9.17) is 0 Å². The van der Waals surface area contributed by atoms with Crippen LogP contribution in [0.1, 0.15) is 27.2 Å². The molecule has 0 radical (unpaired) electrons. The molecule has 0 amide bonds. The number of hydrogen-bond donors (Lipinski definition) is 2. The summed E-state index contributed by atoms with van der Waals surface area (Å²) in [5.41, 5.74) is 0. The fourth-order valence-corrected chi connectivity index (χ4v) is 2.64. The van der Waals surface area contributed by atoms with Crippen molar-refractivity contribution in [2.45, 2.75) is 38.1 Å². The highest BCUT2D eigenvalue weighted by Gasteiger charge is 2.18. The Labute approximate surface area is 90.3 Å². The molecule has 6 heteroatoms. The predicted molar refractivity (Wildman–Crippen MR) is 57.8 cm³/mol. The highest BCUT2D eigenvalue weighted by molar-refractivity contribution is 7.89. The zero-order chi connectivity index (χ0) is 11.5. The van der Waals surface area contributed by atoms with Crippen LogP contribution in [0.2, 0.25) is 0 Å². The molecule has 5 nitrogen and oxygen atoms in total. The summed E-state index contributed by atoms with van der Waals surface area (Å²) in [6, 6.07) is -0.0649. The zero-order valence-corrected chi connectivity index (χ0v) is 10.0. The maximum Gasteiger partial charge on any atom is 0.243 e. The van der Waals surface area contributed by atoms with E-state index in [1.807, 2.05) is 6.92 Å². The second kappa shape index (κ2) is 4.76. The van der Waals surface area contributed by atoms with Gasteiger partial charge in [-0.2, -0.15) is 5.10 Å². The number of H-pyrrole nitrogens is 1. The van der Waals surface area contributed by atoms with Crippen LogP contribution in [0.4, 0.5) is 0 Å². The zero-order valence-electron chi connectivity index (χ0n) is 9.19. The van der Waals surface area contributed by atoms with Gasteiger partial charge in [-0.25, -0.2) is 13.1 Å². The lowest BCUT2D eigenvalue weighted by molar-refractivity contribution is 0.482. The van der Waals surface area contributed by atoms with Crippen LogP contribution in [0.3, 0.4) is 0 Å². The Morgan fingerprint density at radius 2 is 2.13 bits per heavy atom. The first-order valence-corrected chi connectivity index (χ1v) is 6.41. The van der Waals surface area contributed by atoms with Crippen molar-refractivity contribution in [3.63, 3.8) is 0 Å². The van der Waals surface area contributed by atoms with Gasteiger partial charge in [-0.1, -0.05) is 13.8 Å². The van der Waals surface area contributed by atoms with Crippen LogP contribution < -0.4 is 4.72 Å². The van der Waals surface area contributed by atoms with Gasteiger partial charge in [0.2, 0.25) is 10.0 Å². The third-order valence-corrected chi connectivity index (χ3v) is 3.52. The van der Waals surface area contributed by atoms with Gasteiger partial charge >= 0.3 is 0 Å². The average molecular weight is 231 g/mol. The van der Waals surface area contributed by atoms with Crippen molar-refractivity contribution in [1.82, 2.24) is 14.9 Å². The topological polar surface area (TPSA) is 74.8 Å². The molecule has 1 atom stereocenters. The molecule has 0 saturated carbocycles. The van der Waals surface area contributed by atoms with Crippen LogP contribution >= 0.6 is 0 Å². The second-order valence-corrected chi connectivity index (χ2v) is 5.80. The van der Waals surface area contributed by atoms with Crippen molar-refractivity contribution < 1.29 is 8.42 Å². The molecule has 0 aromatic carbocycles. The van der Waals surface area contributed by atoms with Crippen molar-refractivity contribution in [3.8, 4) is 0 Å². The first-order chi connectivity index (χ1) is 6.92. The van der Waals surface area contributed by atoms with E-state index >= 15 is 0 Å². The van der Waals surface area contributed by atoms with Crippen molar-refractivity contribution in [1.29, 1.82) is 0 Å². The molecule has 0 aliphatic heterocycles. The molecule has 1 aromatic rings. The van der Waals surface area contributed by atoms with Gasteiger partial charge in [-0.15, -0.1) is 0 Å². The number of nitrogens with zero attached hydrogens (tertiary/aromatic N) is 1. The molecule has 1 rings (SSSR count). The lowest BCUT2D eigenvalue weighted by Crippen LogP contribution is -2.33. The minimum absolute atomic E-state index is 0.0649. The molecule has 0 saturated heterocycles. The summed E-state index contributed by atoms with van der Waals surface area (Å²) in [5.74, 6) is 0.465. The Balaban J connectivity index is 2.66. The summed E-state index contributed by atoms with van der Waals surface area (Å²) >= 11 is 0. The molecular weight excluding hydrogens is 214 g/mol. The Morgan fingerprint density at radius 1 is 1.47 bits per heavy atom. The Morgan fingerprint density at radius 3 is 2.60 bits per heavy atom. The van der Waals surface area contributed by atoms with Crippen molar-refractivity contribution in [2.24, 2.45) is 5.92 Å². The summed E-state index contributed by atoms with van der Waals surface area (Å²) in [5, 5.41) is 6.09. The molecule has 0 spiro atoms. The molecule has 2 N–H and O–H groups in total. The van der Waals surface area contributed by atoms with Crippen molar-refractivity contribution in [3.05, 3.63) is 12.4 Å². The van der Waals surface area contributed by atoms with Gasteiger partial charge in [0.15, 0.2) is 0 Å². The van der Waals surface area contributed by atoms with E-state index in [0.717, 1.165) is 6.42 Å². The van der Waals surface area contributed by atoms with Gasteiger partial charge in [0, 0.05) is 12.2 Å². The van der Waals surface area contributed by atoms with Gasteiger partial charge in [0.1, 0.15) is 4.90 Å². The minimum atomic E-state index is -3.41. The number of nitrogens with one attached hydrogen (secondary N) is 2. The summed E-state index contributed by atoms with van der Waals surface area (Å²) in [6.07, 6.45) is 3.48. The van der Waals surface area contributed by atoms with E-state index < -0.39 is 10.0 Å². The highest BCUT2D eigenvalue weighted by Crippen LogP contribution is 2.09. The van der Waals surface area contributed by atoms with Crippen molar-refractivity contribution in [2.75, 3.05) is 0 Å². The average Bonchev–Trinajstić information content (AvgIpc) is 2.51. The van der Waals surface area contributed by atoms with Crippen LogP contribution in [0.15, 0.2) is 17.3 Å². The van der Waals surface area contributed by atoms with Gasteiger partial charge in [0.25, 0.3) is 0 Å². The largest absolute Gasteiger partial charge is 0.284 e. The monoisotopic (exact) mass is 231 g/mol. The SMILES string of the molecule is CC(C)CC(C)NS(=O)(=O)c1cn[nH]c1. The number of rotatable bonds is 5. The first kappa shape index (κ1) is 12.2. The molecule has 0 bridgehead atoms.